The number of benzene rings is 2. The SMILES string of the molecule is N=C(CCc1c[nH]c2ccccc12)c1ccccc1O. The Bertz CT molecular complexity index is 758. The molecule has 100 valence electrons. The Kier molecular flexibility index (Phi) is 3.25. The van der Waals surface area contributed by atoms with Crippen molar-refractivity contribution in [3.05, 3.63) is 65.9 Å². The van der Waals surface area contributed by atoms with Crippen LogP contribution in [0.25, 0.3) is 10.9 Å². The summed E-state index contributed by atoms with van der Waals surface area (Å²) in [6, 6.07) is 15.2. The zero-order chi connectivity index (χ0) is 13.9. The molecule has 0 aliphatic heterocycles. The smallest absolute Gasteiger partial charge is 0.124 e. The number of phenolic OH excluding ortho intramolecular Hbond substituents is 1. The van der Waals surface area contributed by atoms with Crippen LogP contribution in [0.15, 0.2) is 54.7 Å². The number of phenols is 1. The molecule has 0 radical (unpaired) electrons. The highest BCUT2D eigenvalue weighted by Gasteiger charge is 2.08. The molecule has 0 aliphatic carbocycles. The van der Waals surface area contributed by atoms with Crippen LogP contribution >= 0.6 is 0 Å². The summed E-state index contributed by atoms with van der Waals surface area (Å²) in [5.41, 5.74) is 3.41. The molecule has 0 saturated heterocycles. The van der Waals surface area contributed by atoms with Crippen LogP contribution in [-0.4, -0.2) is 15.8 Å². The van der Waals surface area contributed by atoms with Crippen molar-refractivity contribution in [1.82, 2.24) is 4.98 Å². The lowest BCUT2D eigenvalue weighted by atomic mass is 10.0. The molecule has 0 amide bonds. The summed E-state index contributed by atoms with van der Waals surface area (Å²) in [5.74, 6) is 0.177. The van der Waals surface area contributed by atoms with Gasteiger partial charge in [0.2, 0.25) is 0 Å². The maximum atomic E-state index is 9.76. The molecule has 0 fully saturated rings. The summed E-state index contributed by atoms with van der Waals surface area (Å²) in [6.07, 6.45) is 3.40. The van der Waals surface area contributed by atoms with E-state index in [9.17, 15) is 5.11 Å². The summed E-state index contributed by atoms with van der Waals surface area (Å²) in [5, 5.41) is 19.1. The molecule has 3 nitrogen and oxygen atoms in total. The van der Waals surface area contributed by atoms with Crippen LogP contribution in [0.5, 0.6) is 5.75 Å². The summed E-state index contributed by atoms with van der Waals surface area (Å²) in [7, 11) is 0. The first-order valence-corrected chi connectivity index (χ1v) is 6.66. The van der Waals surface area contributed by atoms with Crippen molar-refractivity contribution in [1.29, 1.82) is 5.41 Å². The van der Waals surface area contributed by atoms with Gasteiger partial charge in [-0.25, -0.2) is 0 Å². The van der Waals surface area contributed by atoms with E-state index in [1.54, 1.807) is 18.2 Å². The van der Waals surface area contributed by atoms with E-state index in [-0.39, 0.29) is 5.75 Å². The number of aryl methyl sites for hydroxylation is 1. The average molecular weight is 264 g/mol. The number of hydrogen-bond acceptors (Lipinski definition) is 2. The Morgan fingerprint density at radius 2 is 1.80 bits per heavy atom. The molecular formula is C17H16N2O. The van der Waals surface area contributed by atoms with Gasteiger partial charge in [-0.3, -0.25) is 0 Å². The standard InChI is InChI=1S/C17H16N2O/c18-15(14-6-2-4-8-17(14)20)10-9-12-11-19-16-7-3-1-5-13(12)16/h1-8,11,18-20H,9-10H2. The highest BCUT2D eigenvalue weighted by atomic mass is 16.3. The van der Waals surface area contributed by atoms with Gasteiger partial charge in [-0.05, 0) is 36.6 Å². The third kappa shape index (κ3) is 2.30. The number of aromatic hydroxyl groups is 1. The number of aromatic amines is 1. The first-order valence-electron chi connectivity index (χ1n) is 6.66. The minimum atomic E-state index is 0.177. The maximum Gasteiger partial charge on any atom is 0.124 e. The van der Waals surface area contributed by atoms with Gasteiger partial charge < -0.3 is 15.5 Å². The van der Waals surface area contributed by atoms with Crippen molar-refractivity contribution in [2.75, 3.05) is 0 Å². The minimum absolute atomic E-state index is 0.177. The second-order valence-electron chi connectivity index (χ2n) is 4.86. The number of rotatable bonds is 4. The van der Waals surface area contributed by atoms with E-state index in [0.29, 0.717) is 17.7 Å². The van der Waals surface area contributed by atoms with Crippen molar-refractivity contribution >= 4 is 16.6 Å². The number of hydrogen-bond donors (Lipinski definition) is 3. The van der Waals surface area contributed by atoms with E-state index in [2.05, 4.69) is 11.1 Å². The Morgan fingerprint density at radius 3 is 2.65 bits per heavy atom. The molecule has 0 bridgehead atoms. The van der Waals surface area contributed by atoms with Gasteiger partial charge in [0, 0.05) is 28.4 Å². The Labute approximate surface area is 117 Å². The van der Waals surface area contributed by atoms with Gasteiger partial charge in [-0.2, -0.15) is 0 Å². The topological polar surface area (TPSA) is 59.9 Å². The van der Waals surface area contributed by atoms with E-state index >= 15 is 0 Å². The van der Waals surface area contributed by atoms with Gasteiger partial charge in [-0.15, -0.1) is 0 Å². The van der Waals surface area contributed by atoms with E-state index in [1.165, 1.54) is 10.9 Å². The lowest BCUT2D eigenvalue weighted by Crippen LogP contribution is -2.01. The van der Waals surface area contributed by atoms with Gasteiger partial charge in [0.25, 0.3) is 0 Å². The van der Waals surface area contributed by atoms with Crippen molar-refractivity contribution in [2.45, 2.75) is 12.8 Å². The van der Waals surface area contributed by atoms with Crippen molar-refractivity contribution in [3.8, 4) is 5.75 Å². The van der Waals surface area contributed by atoms with E-state index < -0.39 is 0 Å². The molecule has 1 heterocycles. The molecule has 0 unspecified atom stereocenters. The molecule has 0 aliphatic rings. The molecule has 3 N–H and O–H groups in total. The molecule has 1 aromatic heterocycles. The van der Waals surface area contributed by atoms with Gasteiger partial charge in [0.05, 0.1) is 0 Å². The summed E-state index contributed by atoms with van der Waals surface area (Å²) >= 11 is 0. The number of para-hydroxylation sites is 2. The van der Waals surface area contributed by atoms with E-state index in [4.69, 9.17) is 5.41 Å². The third-order valence-corrected chi connectivity index (χ3v) is 3.55. The molecule has 3 heteroatoms. The van der Waals surface area contributed by atoms with Gasteiger partial charge >= 0.3 is 0 Å². The largest absolute Gasteiger partial charge is 0.507 e. The molecule has 0 atom stereocenters. The second kappa shape index (κ2) is 5.21. The molecule has 3 aromatic rings. The van der Waals surface area contributed by atoms with Gasteiger partial charge in [-0.1, -0.05) is 30.3 Å². The van der Waals surface area contributed by atoms with Crippen molar-refractivity contribution in [3.63, 3.8) is 0 Å². The number of nitrogens with one attached hydrogen (secondary N) is 2. The van der Waals surface area contributed by atoms with Crippen LogP contribution in [0.3, 0.4) is 0 Å². The van der Waals surface area contributed by atoms with Crippen LogP contribution in [0.2, 0.25) is 0 Å². The van der Waals surface area contributed by atoms with Crippen molar-refractivity contribution in [2.24, 2.45) is 0 Å². The maximum absolute atomic E-state index is 9.76. The van der Waals surface area contributed by atoms with Crippen LogP contribution in [0.4, 0.5) is 0 Å². The minimum Gasteiger partial charge on any atom is -0.507 e. The van der Waals surface area contributed by atoms with E-state index in [0.717, 1.165) is 11.9 Å². The lowest BCUT2D eigenvalue weighted by molar-refractivity contribution is 0.474. The highest BCUT2D eigenvalue weighted by molar-refractivity contribution is 6.00. The predicted octanol–water partition coefficient (Wildman–Crippen LogP) is 3.87. The summed E-state index contributed by atoms with van der Waals surface area (Å²) < 4.78 is 0. The van der Waals surface area contributed by atoms with Crippen LogP contribution < -0.4 is 0 Å². The second-order valence-corrected chi connectivity index (χ2v) is 4.86. The third-order valence-electron chi connectivity index (χ3n) is 3.55. The Morgan fingerprint density at radius 1 is 1.05 bits per heavy atom. The predicted molar refractivity (Wildman–Crippen MR) is 81.6 cm³/mol. The van der Waals surface area contributed by atoms with Crippen LogP contribution in [0, 0.1) is 5.41 Å². The van der Waals surface area contributed by atoms with E-state index in [1.807, 2.05) is 30.5 Å². The van der Waals surface area contributed by atoms with Crippen LogP contribution in [0.1, 0.15) is 17.5 Å². The lowest BCUT2D eigenvalue weighted by Gasteiger charge is -2.06. The fourth-order valence-electron chi connectivity index (χ4n) is 2.46. The normalized spacial score (nSPS) is 10.8. The summed E-state index contributed by atoms with van der Waals surface area (Å²) in [4.78, 5) is 3.24. The van der Waals surface area contributed by atoms with Crippen LogP contribution in [-0.2, 0) is 6.42 Å². The first-order chi connectivity index (χ1) is 9.75. The average Bonchev–Trinajstić information content (AvgIpc) is 2.88. The Hall–Kier alpha value is -2.55. The molecule has 0 saturated carbocycles. The first kappa shape index (κ1) is 12.5. The summed E-state index contributed by atoms with van der Waals surface area (Å²) in [6.45, 7) is 0. The molecular weight excluding hydrogens is 248 g/mol. The number of fused-ring (bicyclic) bond motifs is 1. The quantitative estimate of drug-likeness (QED) is 0.615. The number of aromatic nitrogens is 1. The molecule has 0 spiro atoms. The molecule has 3 rings (SSSR count). The van der Waals surface area contributed by atoms with Gasteiger partial charge in [0.1, 0.15) is 5.75 Å². The number of H-pyrrole nitrogens is 1. The highest BCUT2D eigenvalue weighted by Crippen LogP contribution is 2.22. The fraction of sp³-hybridized carbons (Fsp3) is 0.118. The zero-order valence-corrected chi connectivity index (χ0v) is 11.1. The fourth-order valence-corrected chi connectivity index (χ4v) is 2.46. The molecule has 20 heavy (non-hydrogen) atoms. The van der Waals surface area contributed by atoms with Gasteiger partial charge in [0.15, 0.2) is 0 Å². The molecule has 2 aromatic carbocycles. The monoisotopic (exact) mass is 264 g/mol. The van der Waals surface area contributed by atoms with Crippen molar-refractivity contribution < 1.29 is 5.11 Å². The zero-order valence-electron chi connectivity index (χ0n) is 11.1. The Balaban J connectivity index is 1.77.